The number of carbonyl (C=O) groups excluding carboxylic acids is 6. The number of nitrogens with zero attached hydrogens (tertiary/aromatic N) is 7. The molecule has 7 amide bonds. The van der Waals surface area contributed by atoms with E-state index in [9.17, 15) is 38.7 Å². The molecule has 0 spiro atoms. The molecular weight excluding hydrogens is 1120 g/mol. The minimum absolute atomic E-state index is 0.0249. The van der Waals surface area contributed by atoms with E-state index in [2.05, 4.69) is 58.6 Å². The summed E-state index contributed by atoms with van der Waals surface area (Å²) in [6.45, 7) is 6.65. The van der Waals surface area contributed by atoms with Gasteiger partial charge < -0.3 is 56.3 Å². The van der Waals surface area contributed by atoms with Gasteiger partial charge in [0.05, 0.1) is 50.7 Å². The second-order valence-corrected chi connectivity index (χ2v) is 22.7. The molecule has 0 unspecified atom stereocenters. The molecule has 23 nitrogen and oxygen atoms in total. The number of fused-ring (bicyclic) bond motifs is 1. The lowest BCUT2D eigenvalue weighted by Crippen LogP contribution is -2.54. The van der Waals surface area contributed by atoms with Crippen LogP contribution in [-0.2, 0) is 41.7 Å². The number of halogens is 1. The number of benzene rings is 3. The Morgan fingerprint density at radius 1 is 0.905 bits per heavy atom. The molecule has 0 saturated heterocycles. The van der Waals surface area contributed by atoms with Crippen molar-refractivity contribution in [3.8, 4) is 17.6 Å². The highest BCUT2D eigenvalue weighted by Gasteiger charge is 2.30. The van der Waals surface area contributed by atoms with Crippen LogP contribution in [0.25, 0.3) is 10.2 Å². The molecule has 6 aromatic rings. The summed E-state index contributed by atoms with van der Waals surface area (Å²) in [6.07, 6.45) is 3.38. The van der Waals surface area contributed by atoms with E-state index in [1.165, 1.54) is 47.0 Å². The number of nitrogens with two attached hydrogens (primary N) is 1. The molecular formula is C58H67FN13O10S2+. The number of aryl methyl sites for hydroxylation is 2. The first-order valence-corrected chi connectivity index (χ1v) is 28.6. The lowest BCUT2D eigenvalue weighted by Gasteiger charge is -2.27. The van der Waals surface area contributed by atoms with Gasteiger partial charge in [0.15, 0.2) is 39.2 Å². The Labute approximate surface area is 492 Å². The average molecular weight is 1190 g/mol. The van der Waals surface area contributed by atoms with E-state index >= 15 is 4.39 Å². The highest BCUT2D eigenvalue weighted by molar-refractivity contribution is 7.22. The molecule has 7 rings (SSSR count). The summed E-state index contributed by atoms with van der Waals surface area (Å²) in [5, 5.41) is 33.9. The number of nitrogens with one attached hydrogen (secondary N) is 5. The van der Waals surface area contributed by atoms with Gasteiger partial charge in [0.1, 0.15) is 25.2 Å². The molecule has 0 fully saturated rings. The van der Waals surface area contributed by atoms with E-state index in [1.807, 2.05) is 63.5 Å². The number of para-hydroxylation sites is 1. The maximum Gasteiger partial charge on any atom is 0.355 e. The number of urea groups is 1. The number of carboxylic acids is 1. The number of primary amides is 1. The number of carboxylic acid groups (broad SMARTS) is 1. The van der Waals surface area contributed by atoms with Gasteiger partial charge >= 0.3 is 12.0 Å². The van der Waals surface area contributed by atoms with E-state index in [0.717, 1.165) is 26.2 Å². The van der Waals surface area contributed by atoms with Gasteiger partial charge in [0.25, 0.3) is 11.8 Å². The highest BCUT2D eigenvalue weighted by Crippen LogP contribution is 2.33. The van der Waals surface area contributed by atoms with E-state index in [-0.39, 0.29) is 63.1 Å². The number of carbonyl (C=O) groups is 7. The van der Waals surface area contributed by atoms with Crippen LogP contribution in [0.15, 0.2) is 84.9 Å². The first-order valence-electron chi connectivity index (χ1n) is 26.9. The number of hydrogen-bond acceptors (Lipinski definition) is 17. The van der Waals surface area contributed by atoms with Crippen LogP contribution in [0.5, 0.6) is 5.75 Å². The Morgan fingerprint density at radius 3 is 2.35 bits per heavy atom. The molecule has 2 atom stereocenters. The Kier molecular flexibility index (Phi) is 21.9. The predicted molar refractivity (Wildman–Crippen MR) is 316 cm³/mol. The predicted octanol–water partition coefficient (Wildman–Crippen LogP) is 6.18. The zero-order valence-corrected chi connectivity index (χ0v) is 49.0. The van der Waals surface area contributed by atoms with Gasteiger partial charge in [-0.3, -0.25) is 28.9 Å². The van der Waals surface area contributed by atoms with Crippen LogP contribution < -0.4 is 42.0 Å². The zero-order valence-electron chi connectivity index (χ0n) is 47.3. The van der Waals surface area contributed by atoms with Crippen molar-refractivity contribution in [3.63, 3.8) is 0 Å². The lowest BCUT2D eigenvalue weighted by atomic mass is 10.0. The molecule has 26 heteroatoms. The summed E-state index contributed by atoms with van der Waals surface area (Å²) in [7, 11) is 5.73. The largest absolute Gasteiger partial charge is 0.491 e. The van der Waals surface area contributed by atoms with E-state index in [4.69, 9.17) is 15.2 Å². The fraction of sp³-hybridized carbons (Fsp3) is 0.362. The van der Waals surface area contributed by atoms with Crippen molar-refractivity contribution in [2.24, 2.45) is 11.7 Å². The summed E-state index contributed by atoms with van der Waals surface area (Å²) in [4.78, 5) is 99.4. The number of hydrogen-bond donors (Lipinski definition) is 7. The number of quaternary nitrogens is 1. The number of ether oxygens (including phenoxy) is 2. The maximum atomic E-state index is 15.3. The third kappa shape index (κ3) is 18.0. The van der Waals surface area contributed by atoms with Gasteiger partial charge in [0.2, 0.25) is 17.7 Å². The van der Waals surface area contributed by atoms with Crippen LogP contribution in [0.2, 0.25) is 0 Å². The highest BCUT2D eigenvalue weighted by atomic mass is 32.1. The van der Waals surface area contributed by atoms with Gasteiger partial charge in [-0.15, -0.1) is 21.5 Å². The Balaban J connectivity index is 0.856. The summed E-state index contributed by atoms with van der Waals surface area (Å²) in [5.74, 6) is 2.65. The Bertz CT molecular complexity index is 3420. The number of aromatic nitrogens is 4. The molecule has 0 radical (unpaired) electrons. The van der Waals surface area contributed by atoms with E-state index < -0.39 is 59.4 Å². The molecule has 84 heavy (non-hydrogen) atoms. The molecule has 1 aliphatic heterocycles. The third-order valence-corrected chi connectivity index (χ3v) is 15.2. The fourth-order valence-corrected chi connectivity index (χ4v) is 10.5. The molecule has 0 bridgehead atoms. The summed E-state index contributed by atoms with van der Waals surface area (Å²) < 4.78 is 28.0. The van der Waals surface area contributed by atoms with Crippen LogP contribution >= 0.6 is 22.7 Å². The van der Waals surface area contributed by atoms with Crippen LogP contribution in [0.4, 0.5) is 36.8 Å². The lowest BCUT2D eigenvalue weighted by molar-refractivity contribution is -0.896. The molecule has 3 aromatic heterocycles. The monoisotopic (exact) mass is 1190 g/mol. The third-order valence-electron chi connectivity index (χ3n) is 13.0. The van der Waals surface area contributed by atoms with E-state index in [1.54, 1.807) is 44.0 Å². The van der Waals surface area contributed by atoms with Gasteiger partial charge in [0, 0.05) is 53.9 Å². The average Bonchev–Trinajstić information content (AvgIpc) is 3.94. The van der Waals surface area contributed by atoms with Crippen molar-refractivity contribution in [2.75, 3.05) is 76.1 Å². The van der Waals surface area contributed by atoms with Crippen LogP contribution in [0, 0.1) is 30.5 Å². The molecule has 8 N–H and O–H groups in total. The zero-order chi connectivity index (χ0) is 60.5. The van der Waals surface area contributed by atoms with Gasteiger partial charge in [-0.25, -0.2) is 23.9 Å². The van der Waals surface area contributed by atoms with Crippen LogP contribution in [-0.4, -0.2) is 149 Å². The summed E-state index contributed by atoms with van der Waals surface area (Å²) >= 11 is 2.72. The normalized spacial score (nSPS) is 12.8. The molecule has 4 heterocycles. The number of thiazole rings is 2. The Morgan fingerprint density at radius 2 is 1.65 bits per heavy atom. The number of amides is 7. The smallest absolute Gasteiger partial charge is 0.355 e. The van der Waals surface area contributed by atoms with Crippen LogP contribution in [0.1, 0.15) is 71.6 Å². The number of rotatable bonds is 29. The number of imide groups is 1. The summed E-state index contributed by atoms with van der Waals surface area (Å²) in [6, 6.07) is 18.5. The van der Waals surface area contributed by atoms with Gasteiger partial charge in [-0.2, -0.15) is 0 Å². The summed E-state index contributed by atoms with van der Waals surface area (Å²) in [5.41, 5.74) is 8.69. The standard InChI is InChI=1S/C58H66FN13O10S2/c1-35(2)50(65-47(73)25-30-81-31-27-71-48(74)23-24-49(71)75)54(77)63-42(14-9-26-61-56(60)80)53(76)62-39-20-17-38(18-21-39)34-72(5,6)28-10-12-37-19-22-43(40(59)33-37)82-29-11-16-45-51(55(78)79)66-58(84-45)70(4)46-32-36(3)52(69-68-46)67-57-64-41-13-7-8-15-44(41)83-57/h7-8,13,15,17-24,32-33,35,42,50H,9,11,14,16,25-31,34H2,1-6H3,(H7-,60,61,62,63,64,65,67,69,73,76,77,78,79,80)/p+1/t42-,50-/m0/s1. The van der Waals surface area contributed by atoms with Crippen molar-refractivity contribution < 1.29 is 57.0 Å². The topological polar surface area (TPSA) is 302 Å². The van der Waals surface area contributed by atoms with Gasteiger partial charge in [-0.1, -0.05) is 55.4 Å². The fourth-order valence-electron chi connectivity index (χ4n) is 8.54. The quantitative estimate of drug-likeness (QED) is 0.0119. The van der Waals surface area contributed by atoms with Gasteiger partial charge in [-0.05, 0) is 98.5 Å². The first kappa shape index (κ1) is 62.7. The van der Waals surface area contributed by atoms with Crippen molar-refractivity contribution in [1.82, 2.24) is 41.0 Å². The second-order valence-electron chi connectivity index (χ2n) is 20.6. The van der Waals surface area contributed by atoms with Crippen LogP contribution in [0.3, 0.4) is 0 Å². The first-order chi connectivity index (χ1) is 40.1. The molecule has 3 aromatic carbocycles. The second kappa shape index (κ2) is 29.4. The van der Waals surface area contributed by atoms with Crippen molar-refractivity contribution in [3.05, 3.63) is 118 Å². The van der Waals surface area contributed by atoms with Crippen molar-refractivity contribution in [1.29, 1.82) is 0 Å². The minimum Gasteiger partial charge on any atom is -0.491 e. The maximum absolute atomic E-state index is 15.3. The molecule has 0 saturated carbocycles. The minimum atomic E-state index is -1.17. The van der Waals surface area contributed by atoms with E-state index in [0.29, 0.717) is 74.9 Å². The Hall–Kier alpha value is -8.90. The number of anilines is 5. The van der Waals surface area contributed by atoms with Crippen molar-refractivity contribution in [2.45, 2.75) is 71.5 Å². The van der Waals surface area contributed by atoms with Crippen molar-refractivity contribution >= 4 is 102 Å². The molecule has 1 aliphatic rings. The number of aromatic carboxylic acids is 1. The molecule has 0 aliphatic carbocycles. The SMILES string of the molecule is Cc1cc(N(C)c2nc(C(=O)O)c(CCCOc3ccc(C#CC[N+](C)(C)Cc4ccc(NC(=O)[C@H](CCCNC(N)=O)NC(=O)[C@@H](NC(=O)CCOCCN5C(=O)C=CC5=O)C(C)C)cc4)cc3F)s2)nnc1Nc1nc2ccccc2s1. The molecule has 442 valence electrons.